The largest absolute Gasteiger partial charge is 0.399 e. The molecule has 15 heteroatoms. The summed E-state index contributed by atoms with van der Waals surface area (Å²) in [5, 5.41) is 3.01. The Morgan fingerprint density at radius 3 is 2.02 bits per heavy atom. The van der Waals surface area contributed by atoms with Gasteiger partial charge in [0.1, 0.15) is 6.04 Å². The number of benzene rings is 1. The summed E-state index contributed by atoms with van der Waals surface area (Å²) in [5.74, 6) is -2.64. The van der Waals surface area contributed by atoms with Gasteiger partial charge in [0.2, 0.25) is 23.6 Å². The molecule has 1 saturated heterocycles. The van der Waals surface area contributed by atoms with Crippen LogP contribution in [0.5, 0.6) is 0 Å². The Labute approximate surface area is 311 Å². The van der Waals surface area contributed by atoms with E-state index in [1.165, 1.54) is 38.5 Å². The number of nitrogens with two attached hydrogens (primary N) is 1. The van der Waals surface area contributed by atoms with E-state index in [2.05, 4.69) is 10.0 Å². The maximum absolute atomic E-state index is 14.2. The molecule has 0 spiro atoms. The molecule has 1 aliphatic heterocycles. The fourth-order valence-corrected chi connectivity index (χ4v) is 8.41. The molecule has 1 fully saturated rings. The van der Waals surface area contributed by atoms with Crippen LogP contribution in [0.1, 0.15) is 74.1 Å². The Hall–Kier alpha value is -3.27. The van der Waals surface area contributed by atoms with Crippen molar-refractivity contribution in [2.45, 2.75) is 115 Å². The predicted octanol–water partition coefficient (Wildman–Crippen LogP) is 2.72. The first-order chi connectivity index (χ1) is 24.2. The Kier molecular flexibility index (Phi) is 17.0. The predicted molar refractivity (Wildman–Crippen MR) is 201 cm³/mol. The van der Waals surface area contributed by atoms with Gasteiger partial charge in [-0.1, -0.05) is 54.9 Å². The molecule has 14 nitrogen and oxygen atoms in total. The van der Waals surface area contributed by atoms with Gasteiger partial charge in [0.05, 0.1) is 47.6 Å². The zero-order chi connectivity index (χ0) is 39.7. The smallest absolute Gasteiger partial charge is 0.264 e. The lowest BCUT2D eigenvalue weighted by atomic mass is 9.89. The van der Waals surface area contributed by atoms with Crippen LogP contribution in [-0.2, 0) is 38.7 Å². The summed E-state index contributed by atoms with van der Waals surface area (Å²) in [6.45, 7) is 13.7. The molecule has 52 heavy (non-hydrogen) atoms. The van der Waals surface area contributed by atoms with Crippen molar-refractivity contribution in [2.24, 2.45) is 23.7 Å². The van der Waals surface area contributed by atoms with E-state index in [1.54, 1.807) is 23.8 Å². The minimum Gasteiger partial charge on any atom is -0.399 e. The molecule has 1 aromatic carbocycles. The number of carbonyl (C=O) groups excluding carboxylic acids is 4. The van der Waals surface area contributed by atoms with Crippen LogP contribution in [0.3, 0.4) is 0 Å². The van der Waals surface area contributed by atoms with Crippen LogP contribution >= 0.6 is 0 Å². The molecule has 0 aromatic heterocycles. The number of ether oxygens (including phenoxy) is 2. The van der Waals surface area contributed by atoms with Crippen LogP contribution in [0.25, 0.3) is 0 Å². The second-order valence-electron chi connectivity index (χ2n) is 15.0. The number of nitrogens with one attached hydrogen (secondary N) is 2. The molecule has 4 amide bonds. The van der Waals surface area contributed by atoms with E-state index in [-0.39, 0.29) is 46.8 Å². The van der Waals surface area contributed by atoms with Gasteiger partial charge < -0.3 is 30.3 Å². The van der Waals surface area contributed by atoms with Gasteiger partial charge >= 0.3 is 0 Å². The van der Waals surface area contributed by atoms with Crippen LogP contribution in [0.15, 0.2) is 29.2 Å². The standard InChI is InChI=1S/C37H64N6O8S/c1-13-24(6)33(42(10)37(47)31(22(2)3)39-36(46)32(23(4)5)41(8)9)29(50-11)21-30(44)43-20-14-15-28(43)34(51-12)25(7)35(45)40-52(48,49)27-18-16-26(38)17-19-27/h16-19,22-25,28-29,31-34H,13-15,20-21,38H2,1-12H3,(H,39,46)(H,40,45). The summed E-state index contributed by atoms with van der Waals surface area (Å²) >= 11 is 0. The van der Waals surface area contributed by atoms with E-state index in [0.717, 1.165) is 0 Å². The third-order valence-corrected chi connectivity index (χ3v) is 11.7. The van der Waals surface area contributed by atoms with E-state index in [0.29, 0.717) is 31.5 Å². The molecule has 2 rings (SSSR count). The number of hydrogen-bond donors (Lipinski definition) is 3. The highest BCUT2D eigenvalue weighted by Gasteiger charge is 2.43. The zero-order valence-electron chi connectivity index (χ0n) is 33.2. The van der Waals surface area contributed by atoms with Gasteiger partial charge in [-0.05, 0) is 69.0 Å². The lowest BCUT2D eigenvalue weighted by Gasteiger charge is -2.41. The molecule has 0 saturated carbocycles. The molecule has 296 valence electrons. The Balaban J connectivity index is 2.29. The number of nitrogen functional groups attached to an aromatic ring is 1. The van der Waals surface area contributed by atoms with E-state index >= 15 is 0 Å². The Bertz CT molecular complexity index is 1450. The molecule has 0 aliphatic carbocycles. The fourth-order valence-electron chi connectivity index (χ4n) is 7.34. The van der Waals surface area contributed by atoms with Gasteiger partial charge in [-0.3, -0.25) is 24.1 Å². The van der Waals surface area contributed by atoms with Crippen LogP contribution in [0.2, 0.25) is 0 Å². The van der Waals surface area contributed by atoms with Crippen LogP contribution < -0.4 is 15.8 Å². The summed E-state index contributed by atoms with van der Waals surface area (Å²) < 4.78 is 39.8. The van der Waals surface area contributed by atoms with Gasteiger partial charge in [-0.15, -0.1) is 0 Å². The molecule has 1 aliphatic rings. The Morgan fingerprint density at radius 1 is 0.942 bits per heavy atom. The van der Waals surface area contributed by atoms with Crippen molar-refractivity contribution in [3.05, 3.63) is 24.3 Å². The van der Waals surface area contributed by atoms with E-state index in [4.69, 9.17) is 15.2 Å². The highest BCUT2D eigenvalue weighted by atomic mass is 32.2. The number of rotatable bonds is 19. The first-order valence-electron chi connectivity index (χ1n) is 18.2. The summed E-state index contributed by atoms with van der Waals surface area (Å²) in [6, 6.07) is 3.30. The normalized spacial score (nSPS) is 19.1. The first-order valence-corrected chi connectivity index (χ1v) is 19.7. The second kappa shape index (κ2) is 19.7. The fraction of sp³-hybridized carbons (Fsp3) is 0.730. The quantitative estimate of drug-likeness (QED) is 0.178. The molecule has 0 radical (unpaired) electrons. The van der Waals surface area contributed by atoms with Gasteiger partial charge in [-0.25, -0.2) is 13.1 Å². The summed E-state index contributed by atoms with van der Waals surface area (Å²) in [4.78, 5) is 60.0. The number of nitrogens with zero attached hydrogens (tertiary/aromatic N) is 3. The average Bonchev–Trinajstić information content (AvgIpc) is 3.55. The van der Waals surface area contributed by atoms with Crippen molar-refractivity contribution < 1.29 is 37.1 Å². The number of anilines is 1. The number of hydrogen-bond acceptors (Lipinski definition) is 10. The SMILES string of the molecule is CCC(C)C(C(CC(=O)N1CCCC1C(OC)C(C)C(=O)NS(=O)(=O)c1ccc(N)cc1)OC)N(C)C(=O)C(NC(=O)C(C(C)C)N(C)C)C(C)C. The zero-order valence-corrected chi connectivity index (χ0v) is 34.0. The summed E-state index contributed by atoms with van der Waals surface area (Å²) in [7, 11) is 4.16. The second-order valence-corrected chi connectivity index (χ2v) is 16.7. The van der Waals surface area contributed by atoms with E-state index in [1.807, 2.05) is 60.5 Å². The van der Waals surface area contributed by atoms with Gasteiger partial charge in [-0.2, -0.15) is 0 Å². The van der Waals surface area contributed by atoms with Gasteiger partial charge in [0, 0.05) is 33.5 Å². The number of sulfonamides is 1. The highest BCUT2D eigenvalue weighted by molar-refractivity contribution is 7.90. The van der Waals surface area contributed by atoms with Crippen molar-refractivity contribution in [1.29, 1.82) is 0 Å². The lowest BCUT2D eigenvalue weighted by molar-refractivity contribution is -0.148. The van der Waals surface area contributed by atoms with Crippen molar-refractivity contribution in [3.63, 3.8) is 0 Å². The highest BCUT2D eigenvalue weighted by Crippen LogP contribution is 2.30. The first kappa shape index (κ1) is 44.9. The molecule has 8 atom stereocenters. The third kappa shape index (κ3) is 11.1. The average molecular weight is 753 g/mol. The van der Waals surface area contributed by atoms with Gasteiger partial charge in [0.15, 0.2) is 0 Å². The Morgan fingerprint density at radius 2 is 1.54 bits per heavy atom. The topological polar surface area (TPSA) is 181 Å². The van der Waals surface area contributed by atoms with Crippen LogP contribution in [0, 0.1) is 23.7 Å². The van der Waals surface area contributed by atoms with Crippen molar-refractivity contribution in [2.75, 3.05) is 47.6 Å². The van der Waals surface area contributed by atoms with Crippen molar-refractivity contribution in [3.8, 4) is 0 Å². The molecule has 8 unspecified atom stereocenters. The third-order valence-electron chi connectivity index (χ3n) is 10.4. The van der Waals surface area contributed by atoms with E-state index in [9.17, 15) is 27.6 Å². The molecular formula is C37H64N6O8S. The minimum absolute atomic E-state index is 0.0273. The molecule has 1 aromatic rings. The maximum atomic E-state index is 14.2. The number of likely N-dealkylation sites (tertiary alicyclic amines) is 1. The number of carbonyl (C=O) groups is 4. The molecule has 1 heterocycles. The van der Waals surface area contributed by atoms with Gasteiger partial charge in [0.25, 0.3) is 10.0 Å². The minimum atomic E-state index is -4.17. The molecule has 4 N–H and O–H groups in total. The van der Waals surface area contributed by atoms with Crippen LogP contribution in [-0.4, -0.2) is 125 Å². The monoisotopic (exact) mass is 752 g/mol. The summed E-state index contributed by atoms with van der Waals surface area (Å²) in [6.07, 6.45) is 0.400. The van der Waals surface area contributed by atoms with Crippen molar-refractivity contribution >= 4 is 39.3 Å². The van der Waals surface area contributed by atoms with Crippen LogP contribution in [0.4, 0.5) is 5.69 Å². The number of amides is 4. The molecule has 0 bridgehead atoms. The molecular weight excluding hydrogens is 689 g/mol. The number of likely N-dealkylation sites (N-methyl/N-ethyl adjacent to an activating group) is 2. The summed E-state index contributed by atoms with van der Waals surface area (Å²) in [5.41, 5.74) is 6.07. The maximum Gasteiger partial charge on any atom is 0.264 e. The van der Waals surface area contributed by atoms with E-state index < -0.39 is 58.2 Å². The lowest BCUT2D eigenvalue weighted by Crippen LogP contribution is -2.59. The van der Waals surface area contributed by atoms with Crippen molar-refractivity contribution in [1.82, 2.24) is 24.7 Å². The number of methoxy groups -OCH3 is 2.